The van der Waals surface area contributed by atoms with E-state index in [9.17, 15) is 0 Å². The lowest BCUT2D eigenvalue weighted by atomic mass is 10.2. The first-order valence-electron chi connectivity index (χ1n) is 6.20. The van der Waals surface area contributed by atoms with Crippen molar-refractivity contribution in [1.82, 2.24) is 0 Å². The van der Waals surface area contributed by atoms with Crippen LogP contribution in [0, 0.1) is 0 Å². The van der Waals surface area contributed by atoms with Gasteiger partial charge in [-0.25, -0.2) is 0 Å². The van der Waals surface area contributed by atoms with Crippen molar-refractivity contribution in [2.24, 2.45) is 0 Å². The van der Waals surface area contributed by atoms with Crippen molar-refractivity contribution in [1.29, 1.82) is 0 Å². The Bertz CT molecular complexity index is 584. The second-order valence-corrected chi connectivity index (χ2v) is 5.40. The zero-order valence-electron chi connectivity index (χ0n) is 10.9. The molecule has 0 saturated heterocycles. The number of nitrogens with one attached hydrogen (secondary N) is 1. The van der Waals surface area contributed by atoms with Gasteiger partial charge in [-0.2, -0.15) is 0 Å². The number of rotatable bonds is 5. The third kappa shape index (κ3) is 3.95. The van der Waals surface area contributed by atoms with E-state index >= 15 is 0 Å². The lowest BCUT2D eigenvalue weighted by Crippen LogP contribution is -2.00. The molecular weight excluding hydrogens is 317 g/mol. The highest BCUT2D eigenvalue weighted by Crippen LogP contribution is 2.32. The molecule has 20 heavy (non-hydrogen) atoms. The Morgan fingerprint density at radius 1 is 0.950 bits per heavy atom. The molecule has 2 nitrogen and oxygen atoms in total. The van der Waals surface area contributed by atoms with Crippen molar-refractivity contribution in [2.45, 2.75) is 13.5 Å². The van der Waals surface area contributed by atoms with Crippen molar-refractivity contribution < 1.29 is 4.74 Å². The summed E-state index contributed by atoms with van der Waals surface area (Å²) in [4.78, 5) is 0. The van der Waals surface area contributed by atoms with Gasteiger partial charge in [-0.3, -0.25) is 0 Å². The van der Waals surface area contributed by atoms with Gasteiger partial charge < -0.3 is 10.1 Å². The average Bonchev–Trinajstić information content (AvgIpc) is 2.43. The minimum absolute atomic E-state index is 0.447. The van der Waals surface area contributed by atoms with Crippen LogP contribution in [0.1, 0.15) is 12.5 Å². The maximum Gasteiger partial charge on any atom is 0.119 e. The highest BCUT2D eigenvalue weighted by Gasteiger charge is 2.05. The summed E-state index contributed by atoms with van der Waals surface area (Å²) < 4.78 is 5.40. The molecule has 1 N–H and O–H groups in total. The SMILES string of the molecule is CCOc1ccc(CNc2cc(Cl)c(Cl)cc2Cl)cc1. The largest absolute Gasteiger partial charge is 0.494 e. The Labute approximate surface area is 133 Å². The number of hydrogen-bond donors (Lipinski definition) is 1. The Hall–Kier alpha value is -1.09. The van der Waals surface area contributed by atoms with Crippen LogP contribution in [0.25, 0.3) is 0 Å². The van der Waals surface area contributed by atoms with E-state index < -0.39 is 0 Å². The van der Waals surface area contributed by atoms with Crippen LogP contribution in [0.15, 0.2) is 36.4 Å². The van der Waals surface area contributed by atoms with Crippen LogP contribution in [-0.4, -0.2) is 6.61 Å². The number of benzene rings is 2. The molecule has 0 heterocycles. The minimum atomic E-state index is 0.447. The number of anilines is 1. The Morgan fingerprint density at radius 2 is 1.60 bits per heavy atom. The molecule has 0 aliphatic carbocycles. The standard InChI is InChI=1S/C15H14Cl3NO/c1-2-20-11-5-3-10(4-6-11)9-19-15-8-13(17)12(16)7-14(15)18/h3-8,19H,2,9H2,1H3. The highest BCUT2D eigenvalue weighted by atomic mass is 35.5. The van der Waals surface area contributed by atoms with E-state index in [4.69, 9.17) is 39.5 Å². The first-order valence-corrected chi connectivity index (χ1v) is 7.33. The van der Waals surface area contributed by atoms with Gasteiger partial charge >= 0.3 is 0 Å². The van der Waals surface area contributed by atoms with Gasteiger partial charge in [-0.1, -0.05) is 46.9 Å². The molecule has 0 aliphatic rings. The first-order chi connectivity index (χ1) is 9.60. The van der Waals surface area contributed by atoms with Gasteiger partial charge in [0.15, 0.2) is 0 Å². The van der Waals surface area contributed by atoms with Crippen LogP contribution in [0.3, 0.4) is 0 Å². The van der Waals surface area contributed by atoms with Crippen LogP contribution < -0.4 is 10.1 Å². The second kappa shape index (κ2) is 7.07. The molecule has 0 aliphatic heterocycles. The fraction of sp³-hybridized carbons (Fsp3) is 0.200. The van der Waals surface area contributed by atoms with Gasteiger partial charge in [0.25, 0.3) is 0 Å². The maximum absolute atomic E-state index is 6.11. The molecule has 0 aromatic heterocycles. The molecule has 0 saturated carbocycles. The zero-order chi connectivity index (χ0) is 14.5. The predicted octanol–water partition coefficient (Wildman–Crippen LogP) is 5.66. The van der Waals surface area contributed by atoms with E-state index in [1.807, 2.05) is 31.2 Å². The summed E-state index contributed by atoms with van der Waals surface area (Å²) in [7, 11) is 0. The van der Waals surface area contributed by atoms with Gasteiger partial charge in [0.2, 0.25) is 0 Å². The van der Waals surface area contributed by atoms with Gasteiger partial charge in [0.1, 0.15) is 5.75 Å². The third-order valence-electron chi connectivity index (χ3n) is 2.73. The number of halogens is 3. The van der Waals surface area contributed by atoms with Gasteiger partial charge in [-0.05, 0) is 36.8 Å². The van der Waals surface area contributed by atoms with Crippen molar-refractivity contribution in [3.8, 4) is 5.75 Å². The van der Waals surface area contributed by atoms with Crippen LogP contribution in [0.4, 0.5) is 5.69 Å². The van der Waals surface area contributed by atoms with Crippen LogP contribution in [-0.2, 0) is 6.54 Å². The summed E-state index contributed by atoms with van der Waals surface area (Å²) in [6, 6.07) is 11.2. The highest BCUT2D eigenvalue weighted by molar-refractivity contribution is 6.44. The van der Waals surface area contributed by atoms with Gasteiger partial charge in [-0.15, -0.1) is 0 Å². The van der Waals surface area contributed by atoms with E-state index in [-0.39, 0.29) is 0 Å². The number of ether oxygens (including phenoxy) is 1. The molecule has 5 heteroatoms. The molecule has 0 atom stereocenters. The fourth-order valence-corrected chi connectivity index (χ4v) is 2.34. The normalized spacial score (nSPS) is 10.4. The molecule has 2 rings (SSSR count). The summed E-state index contributed by atoms with van der Waals surface area (Å²) in [6.45, 7) is 3.27. The van der Waals surface area contributed by atoms with Crippen LogP contribution in [0.5, 0.6) is 5.75 Å². The van der Waals surface area contributed by atoms with Crippen molar-refractivity contribution in [3.05, 3.63) is 57.0 Å². The van der Waals surface area contributed by atoms with E-state index in [0.29, 0.717) is 28.2 Å². The van der Waals surface area contributed by atoms with Gasteiger partial charge in [0, 0.05) is 6.54 Å². The van der Waals surface area contributed by atoms with E-state index in [1.165, 1.54) is 0 Å². The number of hydrogen-bond acceptors (Lipinski definition) is 2. The summed E-state index contributed by atoms with van der Waals surface area (Å²) >= 11 is 18.0. The Kier molecular flexibility index (Phi) is 5.41. The zero-order valence-corrected chi connectivity index (χ0v) is 13.2. The van der Waals surface area contributed by atoms with E-state index in [0.717, 1.165) is 17.0 Å². The third-order valence-corrected chi connectivity index (χ3v) is 3.76. The van der Waals surface area contributed by atoms with Crippen LogP contribution in [0.2, 0.25) is 15.1 Å². The molecule has 0 spiro atoms. The smallest absolute Gasteiger partial charge is 0.119 e. The lowest BCUT2D eigenvalue weighted by Gasteiger charge is -2.10. The first kappa shape index (κ1) is 15.3. The molecule has 106 valence electrons. The Morgan fingerprint density at radius 3 is 2.25 bits per heavy atom. The van der Waals surface area contributed by atoms with Crippen molar-refractivity contribution in [2.75, 3.05) is 11.9 Å². The quantitative estimate of drug-likeness (QED) is 0.714. The molecule has 0 fully saturated rings. The monoisotopic (exact) mass is 329 g/mol. The fourth-order valence-electron chi connectivity index (χ4n) is 1.73. The average molecular weight is 331 g/mol. The van der Waals surface area contributed by atoms with Crippen molar-refractivity contribution >= 4 is 40.5 Å². The lowest BCUT2D eigenvalue weighted by molar-refractivity contribution is 0.340. The molecule has 0 bridgehead atoms. The molecular formula is C15H14Cl3NO. The molecule has 2 aromatic rings. The maximum atomic E-state index is 6.11. The van der Waals surface area contributed by atoms with E-state index in [2.05, 4.69) is 5.32 Å². The summed E-state index contributed by atoms with van der Waals surface area (Å²) in [6.07, 6.45) is 0. The summed E-state index contributed by atoms with van der Waals surface area (Å²) in [5.74, 6) is 0.865. The van der Waals surface area contributed by atoms with Gasteiger partial charge in [0.05, 0.1) is 27.4 Å². The van der Waals surface area contributed by atoms with Crippen molar-refractivity contribution in [3.63, 3.8) is 0 Å². The predicted molar refractivity (Wildman–Crippen MR) is 86.4 cm³/mol. The topological polar surface area (TPSA) is 21.3 Å². The molecule has 2 aromatic carbocycles. The second-order valence-electron chi connectivity index (χ2n) is 4.18. The van der Waals surface area contributed by atoms with Crippen LogP contribution >= 0.6 is 34.8 Å². The molecule has 0 unspecified atom stereocenters. The molecule has 0 radical (unpaired) electrons. The Balaban J connectivity index is 2.03. The minimum Gasteiger partial charge on any atom is -0.494 e. The summed E-state index contributed by atoms with van der Waals surface area (Å²) in [5, 5.41) is 4.70. The molecule has 0 amide bonds. The summed E-state index contributed by atoms with van der Waals surface area (Å²) in [5.41, 5.74) is 1.88. The van der Waals surface area contributed by atoms with E-state index in [1.54, 1.807) is 12.1 Å².